The molecule has 0 radical (unpaired) electrons. The highest BCUT2D eigenvalue weighted by Crippen LogP contribution is 2.35. The number of carboxylic acids is 1. The number of anilines is 1. The summed E-state index contributed by atoms with van der Waals surface area (Å²) in [5.74, 6) is 0.413. The number of ketones is 1. The lowest BCUT2D eigenvalue weighted by molar-refractivity contribution is -0.148. The van der Waals surface area contributed by atoms with E-state index >= 15 is 0 Å². The zero-order chi connectivity index (χ0) is 21.1. The minimum absolute atomic E-state index is 0.0447. The van der Waals surface area contributed by atoms with Gasteiger partial charge in [-0.25, -0.2) is 4.98 Å². The van der Waals surface area contributed by atoms with Gasteiger partial charge in [0.15, 0.2) is 0 Å². The van der Waals surface area contributed by atoms with Gasteiger partial charge in [0.05, 0.1) is 0 Å². The van der Waals surface area contributed by atoms with Crippen LogP contribution in [0.4, 0.5) is 5.82 Å². The number of likely N-dealkylation sites (tertiary alicyclic amines) is 1. The van der Waals surface area contributed by atoms with E-state index in [9.17, 15) is 14.4 Å². The average Bonchev–Trinajstić information content (AvgIpc) is 2.75. The topological polar surface area (TPSA) is 99.6 Å². The maximum atomic E-state index is 12.9. The van der Waals surface area contributed by atoms with Gasteiger partial charge in [-0.05, 0) is 68.9 Å². The van der Waals surface area contributed by atoms with Crippen LogP contribution in [0.25, 0.3) is 0 Å². The Balaban J connectivity index is 1.26. The van der Waals surface area contributed by atoms with Crippen LogP contribution in [0.1, 0.15) is 56.2 Å². The van der Waals surface area contributed by atoms with E-state index in [0.29, 0.717) is 18.9 Å². The van der Waals surface area contributed by atoms with Crippen LogP contribution < -0.4 is 5.32 Å². The minimum atomic E-state index is -1.00. The van der Waals surface area contributed by atoms with Gasteiger partial charge in [0.1, 0.15) is 18.1 Å². The molecule has 3 aliphatic rings. The number of carbonyl (C=O) groups excluding carboxylic acids is 2. The van der Waals surface area contributed by atoms with Crippen molar-refractivity contribution in [2.75, 3.05) is 25.0 Å². The van der Waals surface area contributed by atoms with Gasteiger partial charge in [0, 0.05) is 37.0 Å². The van der Waals surface area contributed by atoms with Crippen molar-refractivity contribution in [3.05, 3.63) is 23.4 Å². The molecule has 2 aliphatic heterocycles. The number of piperidine rings is 1. The van der Waals surface area contributed by atoms with Crippen molar-refractivity contribution >= 4 is 23.5 Å². The standard InChI is InChI=1S/C23H31N3O4/c27-20-13-18(9-11-26(20)14-21(28)29)22(30)16-5-3-15(4-6-16)12-19-8-7-17-2-1-10-24-23(17)25-19/h7-8,15-16,18H,1-6,9-14H2,(H,24,25)(H,28,29). The van der Waals surface area contributed by atoms with Crippen LogP contribution in [-0.4, -0.2) is 52.3 Å². The fourth-order valence-corrected chi connectivity index (χ4v) is 5.21. The number of amides is 1. The molecule has 0 bridgehead atoms. The Labute approximate surface area is 177 Å². The van der Waals surface area contributed by atoms with E-state index in [0.717, 1.165) is 63.0 Å². The Morgan fingerprint density at radius 2 is 1.93 bits per heavy atom. The average molecular weight is 414 g/mol. The summed E-state index contributed by atoms with van der Waals surface area (Å²) in [6.45, 7) is 1.10. The molecule has 7 heteroatoms. The van der Waals surface area contributed by atoms with E-state index in [4.69, 9.17) is 10.1 Å². The van der Waals surface area contributed by atoms with Gasteiger partial charge >= 0.3 is 5.97 Å². The lowest BCUT2D eigenvalue weighted by atomic mass is 9.74. The van der Waals surface area contributed by atoms with Gasteiger partial charge in [0.2, 0.25) is 5.91 Å². The molecule has 1 amide bonds. The zero-order valence-electron chi connectivity index (χ0n) is 17.4. The fourth-order valence-electron chi connectivity index (χ4n) is 5.21. The summed E-state index contributed by atoms with van der Waals surface area (Å²) in [7, 11) is 0. The SMILES string of the molecule is O=C(O)CN1CCC(C(=O)C2CCC(Cc3ccc4c(n3)NCCC4)CC2)CC1=O. The van der Waals surface area contributed by atoms with Crippen LogP contribution in [0.5, 0.6) is 0 Å². The van der Waals surface area contributed by atoms with E-state index in [1.165, 1.54) is 10.5 Å². The van der Waals surface area contributed by atoms with Crippen LogP contribution in [0, 0.1) is 17.8 Å². The second-order valence-electron chi connectivity index (χ2n) is 9.06. The molecule has 2 fully saturated rings. The zero-order valence-corrected chi connectivity index (χ0v) is 17.4. The van der Waals surface area contributed by atoms with Crippen LogP contribution >= 0.6 is 0 Å². The summed E-state index contributed by atoms with van der Waals surface area (Å²) in [5.41, 5.74) is 2.44. The van der Waals surface area contributed by atoms with Gasteiger partial charge in [-0.1, -0.05) is 6.07 Å². The third-order valence-electron chi connectivity index (χ3n) is 6.95. The molecular formula is C23H31N3O4. The highest BCUT2D eigenvalue weighted by atomic mass is 16.4. The first-order valence-electron chi connectivity index (χ1n) is 11.3. The number of carboxylic acid groups (broad SMARTS) is 1. The molecule has 1 saturated heterocycles. The quantitative estimate of drug-likeness (QED) is 0.744. The Kier molecular flexibility index (Phi) is 6.35. The third-order valence-corrected chi connectivity index (χ3v) is 6.95. The number of hydrogen-bond donors (Lipinski definition) is 2. The largest absolute Gasteiger partial charge is 0.480 e. The summed E-state index contributed by atoms with van der Waals surface area (Å²) < 4.78 is 0. The van der Waals surface area contributed by atoms with Crippen molar-refractivity contribution < 1.29 is 19.5 Å². The van der Waals surface area contributed by atoms with Crippen LogP contribution in [0.3, 0.4) is 0 Å². The molecule has 1 unspecified atom stereocenters. The molecule has 7 nitrogen and oxygen atoms in total. The van der Waals surface area contributed by atoms with Crippen molar-refractivity contribution in [2.24, 2.45) is 17.8 Å². The second-order valence-corrected chi connectivity index (χ2v) is 9.06. The number of nitrogens with one attached hydrogen (secondary N) is 1. The van der Waals surface area contributed by atoms with E-state index < -0.39 is 5.97 Å². The monoisotopic (exact) mass is 413 g/mol. The highest BCUT2D eigenvalue weighted by Gasteiger charge is 2.36. The summed E-state index contributed by atoms with van der Waals surface area (Å²) in [6.07, 6.45) is 7.79. The summed E-state index contributed by atoms with van der Waals surface area (Å²) in [6, 6.07) is 4.35. The highest BCUT2D eigenvalue weighted by molar-refractivity contribution is 5.90. The van der Waals surface area contributed by atoms with Crippen molar-refractivity contribution in [1.82, 2.24) is 9.88 Å². The van der Waals surface area contributed by atoms with Gasteiger partial charge in [-0.2, -0.15) is 0 Å². The predicted octanol–water partition coefficient (Wildman–Crippen LogP) is 2.68. The number of Topliss-reactive ketones (excluding diaryl/α,β-unsaturated/α-hetero) is 1. The normalized spacial score (nSPS) is 26.6. The third kappa shape index (κ3) is 4.82. The first kappa shape index (κ1) is 20.8. The van der Waals surface area contributed by atoms with Crippen molar-refractivity contribution in [1.29, 1.82) is 0 Å². The number of pyridine rings is 1. The van der Waals surface area contributed by atoms with Gasteiger partial charge in [0.25, 0.3) is 0 Å². The number of fused-ring (bicyclic) bond motifs is 1. The smallest absolute Gasteiger partial charge is 0.323 e. The lowest BCUT2D eigenvalue weighted by Gasteiger charge is -2.34. The minimum Gasteiger partial charge on any atom is -0.480 e. The van der Waals surface area contributed by atoms with Gasteiger partial charge < -0.3 is 15.3 Å². The van der Waals surface area contributed by atoms with Gasteiger partial charge in [-0.15, -0.1) is 0 Å². The van der Waals surface area contributed by atoms with Crippen LogP contribution in [0.2, 0.25) is 0 Å². The molecule has 1 aromatic heterocycles. The Hall–Kier alpha value is -2.44. The number of nitrogens with zero attached hydrogens (tertiary/aromatic N) is 2. The Morgan fingerprint density at radius 1 is 1.13 bits per heavy atom. The number of aryl methyl sites for hydroxylation is 1. The molecule has 162 valence electrons. The van der Waals surface area contributed by atoms with E-state index in [1.807, 2.05) is 0 Å². The van der Waals surface area contributed by atoms with Crippen molar-refractivity contribution in [2.45, 2.75) is 57.8 Å². The maximum Gasteiger partial charge on any atom is 0.323 e. The maximum absolute atomic E-state index is 12.9. The first-order chi connectivity index (χ1) is 14.5. The summed E-state index contributed by atoms with van der Waals surface area (Å²) in [4.78, 5) is 42.1. The fraction of sp³-hybridized carbons (Fsp3) is 0.652. The Morgan fingerprint density at radius 3 is 2.67 bits per heavy atom. The van der Waals surface area contributed by atoms with Crippen molar-refractivity contribution in [3.8, 4) is 0 Å². The van der Waals surface area contributed by atoms with Gasteiger partial charge in [-0.3, -0.25) is 14.4 Å². The molecule has 4 rings (SSSR count). The number of rotatable bonds is 6. The number of aromatic nitrogens is 1. The molecule has 30 heavy (non-hydrogen) atoms. The lowest BCUT2D eigenvalue weighted by Crippen LogP contribution is -2.44. The number of carbonyl (C=O) groups is 3. The molecule has 1 atom stereocenters. The van der Waals surface area contributed by atoms with Crippen molar-refractivity contribution in [3.63, 3.8) is 0 Å². The van der Waals surface area contributed by atoms with Crippen LogP contribution in [0.15, 0.2) is 12.1 Å². The number of hydrogen-bond acceptors (Lipinski definition) is 5. The first-order valence-corrected chi connectivity index (χ1v) is 11.3. The van der Waals surface area contributed by atoms with E-state index in [2.05, 4.69) is 17.4 Å². The molecule has 0 aromatic carbocycles. The molecule has 1 saturated carbocycles. The molecule has 1 aliphatic carbocycles. The summed E-state index contributed by atoms with van der Waals surface area (Å²) in [5, 5.41) is 12.3. The number of aliphatic carboxylic acids is 1. The predicted molar refractivity (Wildman–Crippen MR) is 112 cm³/mol. The molecule has 0 spiro atoms. The van der Waals surface area contributed by atoms with Crippen LogP contribution in [-0.2, 0) is 27.2 Å². The summed E-state index contributed by atoms with van der Waals surface area (Å²) >= 11 is 0. The Bertz CT molecular complexity index is 817. The second kappa shape index (κ2) is 9.14. The van der Waals surface area contributed by atoms with E-state index in [1.54, 1.807) is 0 Å². The molecule has 2 N–H and O–H groups in total. The molecular weight excluding hydrogens is 382 g/mol. The van der Waals surface area contributed by atoms with E-state index in [-0.39, 0.29) is 36.5 Å². The molecule has 3 heterocycles. The molecule has 1 aromatic rings.